The summed E-state index contributed by atoms with van der Waals surface area (Å²) >= 11 is 0. The molecule has 0 bridgehead atoms. The summed E-state index contributed by atoms with van der Waals surface area (Å²) in [5.41, 5.74) is 6.22. The molecule has 1 aliphatic heterocycles. The van der Waals surface area contributed by atoms with E-state index in [0.717, 1.165) is 12.8 Å². The van der Waals surface area contributed by atoms with Gasteiger partial charge < -0.3 is 10.6 Å². The van der Waals surface area contributed by atoms with Gasteiger partial charge in [0, 0.05) is 25.1 Å². The number of nitrogens with two attached hydrogens (primary N) is 1. The van der Waals surface area contributed by atoms with Gasteiger partial charge in [-0.05, 0) is 37.0 Å². The molecule has 0 radical (unpaired) electrons. The first kappa shape index (κ1) is 14.1. The molecule has 2 rings (SSSR count). The second kappa shape index (κ2) is 6.20. The van der Waals surface area contributed by atoms with E-state index in [1.165, 1.54) is 0 Å². The fourth-order valence-electron chi connectivity index (χ4n) is 2.53. The topological polar surface area (TPSA) is 87.2 Å². The first-order valence-electron chi connectivity index (χ1n) is 6.68. The molecule has 1 aromatic carbocycles. The van der Waals surface area contributed by atoms with Crippen molar-refractivity contribution in [2.45, 2.75) is 19.3 Å². The average molecular weight is 271 g/mol. The maximum absolute atomic E-state index is 12.3. The summed E-state index contributed by atoms with van der Waals surface area (Å²) in [5, 5.41) is 8.85. The highest BCUT2D eigenvalue weighted by atomic mass is 16.2. The molecule has 1 saturated heterocycles. The van der Waals surface area contributed by atoms with Crippen molar-refractivity contribution < 1.29 is 9.59 Å². The number of amides is 2. The molecule has 2 N–H and O–H groups in total. The van der Waals surface area contributed by atoms with Crippen molar-refractivity contribution in [2.24, 2.45) is 11.7 Å². The summed E-state index contributed by atoms with van der Waals surface area (Å²) in [6.45, 7) is 1.27. The van der Waals surface area contributed by atoms with Gasteiger partial charge in [0.15, 0.2) is 0 Å². The van der Waals surface area contributed by atoms with Crippen LogP contribution in [0.3, 0.4) is 0 Å². The first-order valence-corrected chi connectivity index (χ1v) is 6.68. The number of likely N-dealkylation sites (tertiary alicyclic amines) is 1. The van der Waals surface area contributed by atoms with Crippen molar-refractivity contribution in [3.63, 3.8) is 0 Å². The Kier molecular flexibility index (Phi) is 4.36. The monoisotopic (exact) mass is 271 g/mol. The largest absolute Gasteiger partial charge is 0.370 e. The third kappa shape index (κ3) is 3.35. The summed E-state index contributed by atoms with van der Waals surface area (Å²) < 4.78 is 0. The number of carbonyl (C=O) groups is 2. The van der Waals surface area contributed by atoms with Gasteiger partial charge in [-0.3, -0.25) is 9.59 Å². The maximum Gasteiger partial charge on any atom is 0.253 e. The summed E-state index contributed by atoms with van der Waals surface area (Å²) in [6.07, 6.45) is 1.99. The van der Waals surface area contributed by atoms with Crippen LogP contribution >= 0.6 is 0 Å². The third-order valence-electron chi connectivity index (χ3n) is 3.63. The number of nitriles is 1. The first-order chi connectivity index (χ1) is 9.60. The summed E-state index contributed by atoms with van der Waals surface area (Å²) in [6, 6.07) is 8.75. The van der Waals surface area contributed by atoms with Crippen LogP contribution in [0.5, 0.6) is 0 Å². The van der Waals surface area contributed by atoms with E-state index in [9.17, 15) is 9.59 Å². The van der Waals surface area contributed by atoms with Gasteiger partial charge in [0.25, 0.3) is 5.91 Å². The van der Waals surface area contributed by atoms with Crippen molar-refractivity contribution in [3.05, 3.63) is 35.4 Å². The third-order valence-corrected chi connectivity index (χ3v) is 3.63. The highest BCUT2D eigenvalue weighted by Crippen LogP contribution is 2.21. The number of benzene rings is 1. The van der Waals surface area contributed by atoms with E-state index in [1.807, 2.05) is 6.07 Å². The fraction of sp³-hybridized carbons (Fsp3) is 0.400. The van der Waals surface area contributed by atoms with Gasteiger partial charge in [0.2, 0.25) is 5.91 Å². The Labute approximate surface area is 118 Å². The van der Waals surface area contributed by atoms with Crippen molar-refractivity contribution in [1.82, 2.24) is 4.90 Å². The predicted octanol–water partition coefficient (Wildman–Crippen LogP) is 1.29. The molecule has 0 saturated carbocycles. The minimum absolute atomic E-state index is 0.0559. The lowest BCUT2D eigenvalue weighted by Crippen LogP contribution is -2.39. The van der Waals surface area contributed by atoms with E-state index in [2.05, 4.69) is 0 Å². The smallest absolute Gasteiger partial charge is 0.253 e. The van der Waals surface area contributed by atoms with Crippen molar-refractivity contribution >= 4 is 11.8 Å². The average Bonchev–Trinajstić information content (AvgIpc) is 2.47. The number of nitrogens with zero attached hydrogens (tertiary/aromatic N) is 2. The van der Waals surface area contributed by atoms with Crippen molar-refractivity contribution in [3.8, 4) is 6.07 Å². The molecule has 0 atom stereocenters. The zero-order chi connectivity index (χ0) is 14.5. The summed E-state index contributed by atoms with van der Waals surface area (Å²) in [7, 11) is 0. The molecule has 1 aromatic rings. The Morgan fingerprint density at radius 1 is 1.35 bits per heavy atom. The van der Waals surface area contributed by atoms with Gasteiger partial charge in [-0.2, -0.15) is 5.26 Å². The predicted molar refractivity (Wildman–Crippen MR) is 73.6 cm³/mol. The highest BCUT2D eigenvalue weighted by Gasteiger charge is 2.24. The quantitative estimate of drug-likeness (QED) is 0.898. The molecule has 0 aromatic heterocycles. The second-order valence-electron chi connectivity index (χ2n) is 5.10. The Morgan fingerprint density at radius 3 is 2.65 bits per heavy atom. The van der Waals surface area contributed by atoms with E-state index >= 15 is 0 Å². The lowest BCUT2D eigenvalue weighted by molar-refractivity contribution is -0.119. The van der Waals surface area contributed by atoms with Crippen LogP contribution < -0.4 is 5.73 Å². The number of carbonyl (C=O) groups excluding carboxylic acids is 2. The Morgan fingerprint density at radius 2 is 2.05 bits per heavy atom. The molecule has 5 nitrogen and oxygen atoms in total. The zero-order valence-electron chi connectivity index (χ0n) is 11.2. The van der Waals surface area contributed by atoms with E-state index in [4.69, 9.17) is 11.0 Å². The molecule has 1 fully saturated rings. The molecule has 2 amide bonds. The standard InChI is InChI=1S/C15H17N3O2/c16-10-12-2-1-3-13(8-12)15(20)18-6-4-11(5-7-18)9-14(17)19/h1-3,8,11H,4-7,9H2,(H2,17,19). The molecule has 5 heteroatoms. The lowest BCUT2D eigenvalue weighted by atomic mass is 9.93. The Bertz CT molecular complexity index is 554. The van der Waals surface area contributed by atoms with Gasteiger partial charge in [-0.15, -0.1) is 0 Å². The highest BCUT2D eigenvalue weighted by molar-refractivity contribution is 5.94. The number of hydrogen-bond donors (Lipinski definition) is 1. The Hall–Kier alpha value is -2.35. The molecule has 1 aliphatic rings. The number of primary amides is 1. The summed E-state index contributed by atoms with van der Waals surface area (Å²) in [4.78, 5) is 25.0. The molecular weight excluding hydrogens is 254 g/mol. The minimum Gasteiger partial charge on any atom is -0.370 e. The summed E-state index contributed by atoms with van der Waals surface area (Å²) in [5.74, 6) is -0.0573. The van der Waals surface area contributed by atoms with Crippen molar-refractivity contribution in [1.29, 1.82) is 5.26 Å². The van der Waals surface area contributed by atoms with Crippen molar-refractivity contribution in [2.75, 3.05) is 13.1 Å². The number of rotatable bonds is 3. The second-order valence-corrected chi connectivity index (χ2v) is 5.10. The normalized spacial score (nSPS) is 15.7. The van der Waals surface area contributed by atoms with Crippen LogP contribution in [0.1, 0.15) is 35.2 Å². The minimum atomic E-state index is -0.281. The van der Waals surface area contributed by atoms with Crippen LogP contribution in [-0.2, 0) is 4.79 Å². The number of hydrogen-bond acceptors (Lipinski definition) is 3. The molecule has 1 heterocycles. The van der Waals surface area contributed by atoms with Crippen LogP contribution in [-0.4, -0.2) is 29.8 Å². The molecule has 0 aliphatic carbocycles. The number of piperidine rings is 1. The van der Waals surface area contributed by atoms with E-state index < -0.39 is 0 Å². The molecule has 20 heavy (non-hydrogen) atoms. The molecule has 104 valence electrons. The van der Waals surface area contributed by atoms with Gasteiger partial charge >= 0.3 is 0 Å². The van der Waals surface area contributed by atoms with Gasteiger partial charge in [0.05, 0.1) is 11.6 Å². The van der Waals surface area contributed by atoms with Crippen LogP contribution in [0.15, 0.2) is 24.3 Å². The fourth-order valence-corrected chi connectivity index (χ4v) is 2.53. The molecule has 0 spiro atoms. The molecular formula is C15H17N3O2. The van der Waals surface area contributed by atoms with E-state index in [1.54, 1.807) is 29.2 Å². The Balaban J connectivity index is 1.98. The zero-order valence-corrected chi connectivity index (χ0v) is 11.2. The molecule has 0 unspecified atom stereocenters. The van der Waals surface area contributed by atoms with Crippen LogP contribution in [0, 0.1) is 17.2 Å². The lowest BCUT2D eigenvalue weighted by Gasteiger charge is -2.31. The van der Waals surface area contributed by atoms with Crippen LogP contribution in [0.2, 0.25) is 0 Å². The van der Waals surface area contributed by atoms with Gasteiger partial charge in [0.1, 0.15) is 0 Å². The maximum atomic E-state index is 12.3. The van der Waals surface area contributed by atoms with Crippen LogP contribution in [0.25, 0.3) is 0 Å². The van der Waals surface area contributed by atoms with Gasteiger partial charge in [-0.1, -0.05) is 6.07 Å². The SMILES string of the molecule is N#Cc1cccc(C(=O)N2CCC(CC(N)=O)CC2)c1. The van der Waals surface area contributed by atoms with E-state index in [-0.39, 0.29) is 17.7 Å². The van der Waals surface area contributed by atoms with Gasteiger partial charge in [-0.25, -0.2) is 0 Å². The van der Waals surface area contributed by atoms with E-state index in [0.29, 0.717) is 30.6 Å². The van der Waals surface area contributed by atoms with Crippen LogP contribution in [0.4, 0.5) is 0 Å².